The van der Waals surface area contributed by atoms with Gasteiger partial charge < -0.3 is 4.74 Å². The molecule has 0 N–H and O–H groups in total. The summed E-state index contributed by atoms with van der Waals surface area (Å²) in [6.45, 7) is 2.00. The van der Waals surface area contributed by atoms with E-state index in [-0.39, 0.29) is 5.91 Å². The van der Waals surface area contributed by atoms with Crippen LogP contribution in [-0.2, 0) is 22.4 Å². The Bertz CT molecular complexity index is 726. The summed E-state index contributed by atoms with van der Waals surface area (Å²) in [6.07, 6.45) is 2.85. The van der Waals surface area contributed by atoms with Crippen molar-refractivity contribution in [2.24, 2.45) is 0 Å². The minimum absolute atomic E-state index is 0.197. The maximum absolute atomic E-state index is 12.9. The van der Waals surface area contributed by atoms with Gasteiger partial charge in [0.2, 0.25) is 0 Å². The number of methoxy groups -OCH3 is 1. The molecule has 1 aromatic heterocycles. The SMILES string of the molecule is CCc1ncc(C(=O)N2c3ccccc3C[C@H]2C(=O)OC)s1. The number of hydrogen-bond acceptors (Lipinski definition) is 5. The zero-order valence-corrected chi connectivity index (χ0v) is 13.2. The summed E-state index contributed by atoms with van der Waals surface area (Å²) in [7, 11) is 1.34. The van der Waals surface area contributed by atoms with Crippen LogP contribution >= 0.6 is 11.3 Å². The summed E-state index contributed by atoms with van der Waals surface area (Å²) in [5.74, 6) is -0.595. The van der Waals surface area contributed by atoms with Crippen LogP contribution in [0, 0.1) is 0 Å². The second-order valence-electron chi connectivity index (χ2n) is 5.02. The van der Waals surface area contributed by atoms with Gasteiger partial charge in [-0.05, 0) is 18.1 Å². The first-order valence-electron chi connectivity index (χ1n) is 7.09. The molecule has 1 aromatic carbocycles. The van der Waals surface area contributed by atoms with Crippen LogP contribution in [0.4, 0.5) is 5.69 Å². The van der Waals surface area contributed by atoms with Crippen molar-refractivity contribution in [1.82, 2.24) is 4.98 Å². The molecule has 0 saturated heterocycles. The van der Waals surface area contributed by atoms with Gasteiger partial charge in [0.15, 0.2) is 0 Å². The molecule has 5 nitrogen and oxygen atoms in total. The Labute approximate surface area is 132 Å². The highest BCUT2D eigenvalue weighted by Crippen LogP contribution is 2.34. The molecule has 0 bridgehead atoms. The number of carbonyl (C=O) groups is 2. The molecule has 0 unspecified atom stereocenters. The van der Waals surface area contributed by atoms with E-state index < -0.39 is 12.0 Å². The predicted octanol–water partition coefficient (Wildman–Crippen LogP) is 2.45. The molecule has 114 valence electrons. The first-order chi connectivity index (χ1) is 10.7. The lowest BCUT2D eigenvalue weighted by Gasteiger charge is -2.22. The molecule has 0 fully saturated rings. The summed E-state index contributed by atoms with van der Waals surface area (Å²) in [4.78, 5) is 31.2. The molecule has 0 spiro atoms. The third-order valence-corrected chi connectivity index (χ3v) is 4.86. The first kappa shape index (κ1) is 14.7. The van der Waals surface area contributed by atoms with Gasteiger partial charge in [-0.15, -0.1) is 11.3 Å². The van der Waals surface area contributed by atoms with Crippen molar-refractivity contribution in [1.29, 1.82) is 0 Å². The molecule has 1 amide bonds. The number of fused-ring (bicyclic) bond motifs is 1. The van der Waals surface area contributed by atoms with Crippen LogP contribution in [0.25, 0.3) is 0 Å². The lowest BCUT2D eigenvalue weighted by Crippen LogP contribution is -2.43. The van der Waals surface area contributed by atoms with Gasteiger partial charge in [0.05, 0.1) is 18.3 Å². The van der Waals surface area contributed by atoms with Crippen LogP contribution < -0.4 is 4.90 Å². The summed E-state index contributed by atoms with van der Waals surface area (Å²) >= 11 is 1.37. The molecule has 0 radical (unpaired) electrons. The van der Waals surface area contributed by atoms with Crippen LogP contribution in [0.1, 0.15) is 27.2 Å². The molecular weight excluding hydrogens is 300 g/mol. The van der Waals surface area contributed by atoms with Gasteiger partial charge in [-0.3, -0.25) is 9.69 Å². The van der Waals surface area contributed by atoms with Gasteiger partial charge in [0.25, 0.3) is 5.91 Å². The van der Waals surface area contributed by atoms with E-state index in [1.807, 2.05) is 31.2 Å². The van der Waals surface area contributed by atoms with Crippen molar-refractivity contribution in [2.75, 3.05) is 12.0 Å². The lowest BCUT2D eigenvalue weighted by atomic mass is 10.1. The van der Waals surface area contributed by atoms with Crippen molar-refractivity contribution in [3.05, 3.63) is 45.9 Å². The number of aryl methyl sites for hydroxylation is 1. The second-order valence-corrected chi connectivity index (χ2v) is 6.13. The van der Waals surface area contributed by atoms with Gasteiger partial charge in [-0.1, -0.05) is 25.1 Å². The molecule has 2 heterocycles. The molecular formula is C16H16N2O3S. The number of esters is 1. The quantitative estimate of drug-likeness (QED) is 0.816. The minimum atomic E-state index is -0.609. The maximum atomic E-state index is 12.9. The second kappa shape index (κ2) is 5.88. The molecule has 0 aliphatic carbocycles. The van der Waals surface area contributed by atoms with Crippen molar-refractivity contribution in [3.63, 3.8) is 0 Å². The number of nitrogens with zero attached hydrogens (tertiary/aromatic N) is 2. The molecule has 3 rings (SSSR count). The first-order valence-corrected chi connectivity index (χ1v) is 7.91. The van der Waals surface area contributed by atoms with E-state index in [0.29, 0.717) is 11.3 Å². The normalized spacial score (nSPS) is 16.5. The zero-order valence-electron chi connectivity index (χ0n) is 12.4. The lowest BCUT2D eigenvalue weighted by molar-refractivity contribution is -0.141. The third kappa shape index (κ3) is 2.39. The number of thiazole rings is 1. The molecule has 6 heteroatoms. The van der Waals surface area contributed by atoms with E-state index in [0.717, 1.165) is 22.7 Å². The Morgan fingerprint density at radius 3 is 2.86 bits per heavy atom. The highest BCUT2D eigenvalue weighted by Gasteiger charge is 2.39. The molecule has 1 aliphatic rings. The number of hydrogen-bond donors (Lipinski definition) is 0. The van der Waals surface area contributed by atoms with E-state index in [1.165, 1.54) is 23.3 Å². The minimum Gasteiger partial charge on any atom is -0.467 e. The number of para-hydroxylation sites is 1. The number of ether oxygens (including phenoxy) is 1. The fourth-order valence-corrected chi connectivity index (χ4v) is 3.45. The summed E-state index contributed by atoms with van der Waals surface area (Å²) < 4.78 is 4.86. The van der Waals surface area contributed by atoms with E-state index in [1.54, 1.807) is 6.20 Å². The average molecular weight is 316 g/mol. The number of rotatable bonds is 3. The van der Waals surface area contributed by atoms with Crippen molar-refractivity contribution < 1.29 is 14.3 Å². The fraction of sp³-hybridized carbons (Fsp3) is 0.312. The van der Waals surface area contributed by atoms with Crippen LogP contribution in [0.15, 0.2) is 30.5 Å². The van der Waals surface area contributed by atoms with Crippen molar-refractivity contribution in [3.8, 4) is 0 Å². The Morgan fingerprint density at radius 1 is 1.41 bits per heavy atom. The monoisotopic (exact) mass is 316 g/mol. The summed E-state index contributed by atoms with van der Waals surface area (Å²) in [5, 5.41) is 0.908. The van der Waals surface area contributed by atoms with E-state index >= 15 is 0 Å². The average Bonchev–Trinajstić information content (AvgIpc) is 3.17. The van der Waals surface area contributed by atoms with E-state index in [9.17, 15) is 9.59 Å². The van der Waals surface area contributed by atoms with Gasteiger partial charge in [-0.25, -0.2) is 9.78 Å². The highest BCUT2D eigenvalue weighted by atomic mass is 32.1. The number of anilines is 1. The smallest absolute Gasteiger partial charge is 0.329 e. The van der Waals surface area contributed by atoms with Gasteiger partial charge >= 0.3 is 5.97 Å². The number of benzene rings is 1. The topological polar surface area (TPSA) is 59.5 Å². The summed E-state index contributed by atoms with van der Waals surface area (Å²) in [6, 6.07) is 6.95. The number of aromatic nitrogens is 1. The Hall–Kier alpha value is -2.21. The molecule has 22 heavy (non-hydrogen) atoms. The van der Waals surface area contributed by atoms with Crippen LogP contribution in [0.3, 0.4) is 0 Å². The zero-order chi connectivity index (χ0) is 15.7. The van der Waals surface area contributed by atoms with Crippen molar-refractivity contribution >= 4 is 28.9 Å². The molecule has 0 saturated carbocycles. The van der Waals surface area contributed by atoms with Crippen molar-refractivity contribution in [2.45, 2.75) is 25.8 Å². The Morgan fingerprint density at radius 2 is 2.18 bits per heavy atom. The summed E-state index contributed by atoms with van der Waals surface area (Å²) in [5.41, 5.74) is 1.75. The Balaban J connectivity index is 2.00. The van der Waals surface area contributed by atoms with Gasteiger partial charge in [0, 0.05) is 12.1 Å². The van der Waals surface area contributed by atoms with Crippen LogP contribution in [0.2, 0.25) is 0 Å². The number of amides is 1. The maximum Gasteiger partial charge on any atom is 0.329 e. The van der Waals surface area contributed by atoms with Crippen LogP contribution in [-0.4, -0.2) is 30.0 Å². The van der Waals surface area contributed by atoms with E-state index in [4.69, 9.17) is 4.74 Å². The third-order valence-electron chi connectivity index (χ3n) is 3.73. The molecule has 1 aliphatic heterocycles. The fourth-order valence-electron chi connectivity index (χ4n) is 2.65. The Kier molecular flexibility index (Phi) is 3.94. The standard InChI is InChI=1S/C16H16N2O3S/c1-3-14-17-9-13(22-14)15(19)18-11-7-5-4-6-10(11)8-12(18)16(20)21-2/h4-7,9,12H,3,8H2,1-2H3/t12-/m0/s1. The predicted molar refractivity (Wildman–Crippen MR) is 84.3 cm³/mol. The van der Waals surface area contributed by atoms with Gasteiger partial charge in [-0.2, -0.15) is 0 Å². The largest absolute Gasteiger partial charge is 0.467 e. The number of carbonyl (C=O) groups excluding carboxylic acids is 2. The molecule has 1 atom stereocenters. The van der Waals surface area contributed by atoms with Crippen LogP contribution in [0.5, 0.6) is 0 Å². The highest BCUT2D eigenvalue weighted by molar-refractivity contribution is 7.13. The van der Waals surface area contributed by atoms with E-state index in [2.05, 4.69) is 4.98 Å². The van der Waals surface area contributed by atoms with Gasteiger partial charge in [0.1, 0.15) is 10.9 Å². The molecule has 2 aromatic rings.